The minimum absolute atomic E-state index is 0.185. The molecule has 0 aliphatic carbocycles. The molecule has 1 aliphatic rings. The molecule has 92 valence electrons. The van der Waals surface area contributed by atoms with Gasteiger partial charge >= 0.3 is 0 Å². The molecule has 0 unspecified atom stereocenters. The van der Waals surface area contributed by atoms with Crippen LogP contribution in [0.15, 0.2) is 23.1 Å². The molecule has 1 saturated heterocycles. The van der Waals surface area contributed by atoms with Crippen molar-refractivity contribution in [1.82, 2.24) is 15.2 Å². The number of rotatable bonds is 4. The van der Waals surface area contributed by atoms with Gasteiger partial charge in [-0.05, 0) is 32.0 Å². The lowest BCUT2D eigenvalue weighted by Crippen LogP contribution is -2.33. The molecule has 0 saturated carbocycles. The van der Waals surface area contributed by atoms with Crippen LogP contribution in [0.2, 0.25) is 0 Å². The SMILES string of the molecule is O=C(NCCN1CCCC1)c1cc[nH]c(=O)c1. The topological polar surface area (TPSA) is 65.2 Å². The van der Waals surface area contributed by atoms with Gasteiger partial charge in [0.05, 0.1) is 0 Å². The highest BCUT2D eigenvalue weighted by Crippen LogP contribution is 2.05. The molecule has 1 aliphatic heterocycles. The minimum atomic E-state index is -0.253. The highest BCUT2D eigenvalue weighted by molar-refractivity contribution is 5.93. The number of likely N-dealkylation sites (tertiary alicyclic amines) is 1. The van der Waals surface area contributed by atoms with Gasteiger partial charge in [0.2, 0.25) is 5.56 Å². The van der Waals surface area contributed by atoms with E-state index in [-0.39, 0.29) is 11.5 Å². The van der Waals surface area contributed by atoms with E-state index in [1.54, 1.807) is 6.07 Å². The molecule has 5 heteroatoms. The number of pyridine rings is 1. The lowest BCUT2D eigenvalue weighted by molar-refractivity contribution is 0.0949. The zero-order valence-corrected chi connectivity index (χ0v) is 9.74. The smallest absolute Gasteiger partial charge is 0.251 e. The minimum Gasteiger partial charge on any atom is -0.351 e. The number of hydrogen-bond donors (Lipinski definition) is 2. The summed E-state index contributed by atoms with van der Waals surface area (Å²) in [5.41, 5.74) is 0.160. The number of nitrogens with one attached hydrogen (secondary N) is 2. The van der Waals surface area contributed by atoms with Crippen LogP contribution in [0.25, 0.3) is 0 Å². The Bertz CT molecular complexity index is 435. The highest BCUT2D eigenvalue weighted by Gasteiger charge is 2.11. The molecule has 1 aromatic heterocycles. The molecule has 0 spiro atoms. The summed E-state index contributed by atoms with van der Waals surface area (Å²) in [6.45, 7) is 3.77. The fraction of sp³-hybridized carbons (Fsp3) is 0.500. The van der Waals surface area contributed by atoms with Crippen molar-refractivity contribution in [2.75, 3.05) is 26.2 Å². The van der Waals surface area contributed by atoms with Crippen LogP contribution >= 0.6 is 0 Å². The summed E-state index contributed by atoms with van der Waals surface area (Å²) in [4.78, 5) is 27.5. The first-order chi connectivity index (χ1) is 8.25. The quantitative estimate of drug-likeness (QED) is 0.783. The zero-order chi connectivity index (χ0) is 12.1. The number of carbonyl (C=O) groups is 1. The molecule has 1 amide bonds. The van der Waals surface area contributed by atoms with Crippen LogP contribution < -0.4 is 10.9 Å². The van der Waals surface area contributed by atoms with Crippen molar-refractivity contribution < 1.29 is 4.79 Å². The first-order valence-corrected chi connectivity index (χ1v) is 5.95. The number of aromatic amines is 1. The number of hydrogen-bond acceptors (Lipinski definition) is 3. The van der Waals surface area contributed by atoms with Crippen molar-refractivity contribution in [1.29, 1.82) is 0 Å². The van der Waals surface area contributed by atoms with Crippen molar-refractivity contribution in [3.05, 3.63) is 34.2 Å². The molecule has 0 aromatic carbocycles. The van der Waals surface area contributed by atoms with E-state index in [9.17, 15) is 9.59 Å². The second-order valence-corrected chi connectivity index (χ2v) is 4.25. The lowest BCUT2D eigenvalue weighted by atomic mass is 10.2. The van der Waals surface area contributed by atoms with Crippen LogP contribution in [0, 0.1) is 0 Å². The van der Waals surface area contributed by atoms with Crippen LogP contribution in [0.1, 0.15) is 23.2 Å². The van der Waals surface area contributed by atoms with Crippen LogP contribution in [0.4, 0.5) is 0 Å². The van der Waals surface area contributed by atoms with Crippen LogP contribution in [0.3, 0.4) is 0 Å². The predicted molar refractivity (Wildman–Crippen MR) is 65.1 cm³/mol. The number of amides is 1. The van der Waals surface area contributed by atoms with Crippen LogP contribution in [0.5, 0.6) is 0 Å². The van der Waals surface area contributed by atoms with Gasteiger partial charge in [-0.15, -0.1) is 0 Å². The van der Waals surface area contributed by atoms with Crippen molar-refractivity contribution >= 4 is 5.91 Å². The maximum Gasteiger partial charge on any atom is 0.251 e. The van der Waals surface area contributed by atoms with Gasteiger partial charge in [0.25, 0.3) is 5.91 Å². The summed E-state index contributed by atoms with van der Waals surface area (Å²) in [7, 11) is 0. The molecule has 5 nitrogen and oxygen atoms in total. The number of nitrogens with zero attached hydrogens (tertiary/aromatic N) is 1. The van der Waals surface area contributed by atoms with Gasteiger partial charge in [0, 0.05) is 30.9 Å². The van der Waals surface area contributed by atoms with Crippen molar-refractivity contribution in [3.8, 4) is 0 Å². The normalized spacial score (nSPS) is 16.0. The monoisotopic (exact) mass is 235 g/mol. The standard InChI is InChI=1S/C12H17N3O2/c16-11-9-10(3-4-13-11)12(17)14-5-8-15-6-1-2-7-15/h3-4,9H,1-2,5-8H2,(H,13,16)(H,14,17). The van der Waals surface area contributed by atoms with Gasteiger partial charge in [0.1, 0.15) is 0 Å². The third kappa shape index (κ3) is 3.42. The Hall–Kier alpha value is -1.62. The van der Waals surface area contributed by atoms with E-state index in [0.717, 1.165) is 19.6 Å². The van der Waals surface area contributed by atoms with E-state index in [0.29, 0.717) is 12.1 Å². The predicted octanol–water partition coefficient (Wildman–Crippen LogP) is 0.200. The Labute approximate surface area is 99.8 Å². The molecule has 2 rings (SSSR count). The fourth-order valence-electron chi connectivity index (χ4n) is 2.02. The van der Waals surface area contributed by atoms with E-state index in [1.807, 2.05) is 0 Å². The van der Waals surface area contributed by atoms with Gasteiger partial charge in [0.15, 0.2) is 0 Å². The van der Waals surface area contributed by atoms with E-state index >= 15 is 0 Å². The second-order valence-electron chi connectivity index (χ2n) is 4.25. The fourth-order valence-corrected chi connectivity index (χ4v) is 2.02. The summed E-state index contributed by atoms with van der Waals surface area (Å²) in [6.07, 6.45) is 3.99. The molecular weight excluding hydrogens is 218 g/mol. The average molecular weight is 235 g/mol. The van der Waals surface area contributed by atoms with Gasteiger partial charge in [-0.3, -0.25) is 9.59 Å². The Morgan fingerprint density at radius 3 is 2.88 bits per heavy atom. The second kappa shape index (κ2) is 5.63. The molecule has 1 fully saturated rings. The third-order valence-electron chi connectivity index (χ3n) is 2.95. The van der Waals surface area contributed by atoms with Gasteiger partial charge in [-0.2, -0.15) is 0 Å². The summed E-state index contributed by atoms with van der Waals surface area (Å²) in [6, 6.07) is 2.91. The molecule has 2 heterocycles. The van der Waals surface area contributed by atoms with E-state index in [4.69, 9.17) is 0 Å². The molecule has 2 N–H and O–H groups in total. The van der Waals surface area contributed by atoms with Gasteiger partial charge in [-0.25, -0.2) is 0 Å². The maximum absolute atomic E-state index is 11.7. The molecule has 17 heavy (non-hydrogen) atoms. The van der Waals surface area contributed by atoms with Crippen LogP contribution in [-0.4, -0.2) is 42.0 Å². The first kappa shape index (κ1) is 11.9. The van der Waals surface area contributed by atoms with Crippen molar-refractivity contribution in [2.24, 2.45) is 0 Å². The van der Waals surface area contributed by atoms with Gasteiger partial charge < -0.3 is 15.2 Å². The highest BCUT2D eigenvalue weighted by atomic mass is 16.2. The molecule has 1 aromatic rings. The largest absolute Gasteiger partial charge is 0.351 e. The first-order valence-electron chi connectivity index (χ1n) is 5.95. The van der Waals surface area contributed by atoms with Crippen LogP contribution in [-0.2, 0) is 0 Å². The number of carbonyl (C=O) groups excluding carboxylic acids is 1. The molecule has 0 radical (unpaired) electrons. The van der Waals surface area contributed by atoms with E-state index in [1.165, 1.54) is 25.1 Å². The summed E-state index contributed by atoms with van der Waals surface area (Å²) < 4.78 is 0. The average Bonchev–Trinajstić information content (AvgIpc) is 2.82. The summed E-state index contributed by atoms with van der Waals surface area (Å²) in [5, 5.41) is 2.82. The van der Waals surface area contributed by atoms with Crippen molar-refractivity contribution in [3.63, 3.8) is 0 Å². The Morgan fingerprint density at radius 2 is 2.18 bits per heavy atom. The van der Waals surface area contributed by atoms with E-state index in [2.05, 4.69) is 15.2 Å². The zero-order valence-electron chi connectivity index (χ0n) is 9.74. The van der Waals surface area contributed by atoms with Crippen molar-refractivity contribution in [2.45, 2.75) is 12.8 Å². The summed E-state index contributed by atoms with van der Waals surface area (Å²) >= 11 is 0. The molecule has 0 atom stereocenters. The number of H-pyrrole nitrogens is 1. The Morgan fingerprint density at radius 1 is 1.41 bits per heavy atom. The molecular formula is C12H17N3O2. The van der Waals surface area contributed by atoms with Gasteiger partial charge in [-0.1, -0.05) is 0 Å². The number of aromatic nitrogens is 1. The summed E-state index contributed by atoms with van der Waals surface area (Å²) in [5.74, 6) is -0.185. The Balaban J connectivity index is 1.79. The van der Waals surface area contributed by atoms with E-state index < -0.39 is 0 Å². The lowest BCUT2D eigenvalue weighted by Gasteiger charge is -2.14. The molecule has 0 bridgehead atoms. The Kier molecular flexibility index (Phi) is 3.93. The third-order valence-corrected chi connectivity index (χ3v) is 2.95. The maximum atomic E-state index is 11.7.